The lowest BCUT2D eigenvalue weighted by molar-refractivity contribution is 0.102. The second kappa shape index (κ2) is 6.57. The summed E-state index contributed by atoms with van der Waals surface area (Å²) >= 11 is 6.02. The molecule has 1 aliphatic heterocycles. The number of rotatable bonds is 2. The van der Waals surface area contributed by atoms with Crippen LogP contribution in [0, 0.1) is 5.82 Å². The van der Waals surface area contributed by atoms with Gasteiger partial charge in [0, 0.05) is 53.8 Å². The van der Waals surface area contributed by atoms with Crippen molar-refractivity contribution in [1.29, 1.82) is 0 Å². The molecule has 0 fully saturated rings. The van der Waals surface area contributed by atoms with Gasteiger partial charge in [-0.15, -0.1) is 0 Å². The summed E-state index contributed by atoms with van der Waals surface area (Å²) < 4.78 is 14.3. The molecule has 0 saturated heterocycles. The summed E-state index contributed by atoms with van der Waals surface area (Å²) in [5, 5.41) is 0.524. The van der Waals surface area contributed by atoms with Crippen LogP contribution in [-0.4, -0.2) is 31.0 Å². The molecule has 0 spiro atoms. The van der Waals surface area contributed by atoms with Gasteiger partial charge in [-0.25, -0.2) is 4.39 Å². The summed E-state index contributed by atoms with van der Waals surface area (Å²) in [5.74, 6) is -0.567. The van der Waals surface area contributed by atoms with Crippen molar-refractivity contribution in [3.8, 4) is 0 Å². The molecule has 0 amide bonds. The van der Waals surface area contributed by atoms with E-state index >= 15 is 0 Å². The topological polar surface area (TPSA) is 32.7 Å². The van der Waals surface area contributed by atoms with Gasteiger partial charge in [-0.3, -0.25) is 9.79 Å². The molecule has 1 unspecified atom stereocenters. The zero-order valence-corrected chi connectivity index (χ0v) is 14.1. The van der Waals surface area contributed by atoms with Crippen molar-refractivity contribution in [2.24, 2.45) is 4.99 Å². The first-order valence-corrected chi connectivity index (χ1v) is 7.85. The lowest BCUT2D eigenvalue weighted by Gasteiger charge is -2.18. The summed E-state index contributed by atoms with van der Waals surface area (Å²) in [5.41, 5.74) is 1.93. The van der Waals surface area contributed by atoms with Crippen molar-refractivity contribution >= 4 is 23.6 Å². The normalized spacial score (nSPS) is 18.4. The van der Waals surface area contributed by atoms with Crippen LogP contribution >= 0.6 is 11.6 Å². The predicted molar refractivity (Wildman–Crippen MR) is 94.3 cm³/mol. The number of carbonyl (C=O) groups is 1. The fourth-order valence-corrected chi connectivity index (χ4v) is 2.89. The molecule has 1 atom stereocenters. The highest BCUT2D eigenvalue weighted by atomic mass is 35.5. The molecule has 0 aliphatic carbocycles. The van der Waals surface area contributed by atoms with Crippen molar-refractivity contribution in [3.05, 3.63) is 81.8 Å². The van der Waals surface area contributed by atoms with Crippen LogP contribution in [0.15, 0.2) is 59.2 Å². The Hall–Kier alpha value is -2.46. The fourth-order valence-electron chi connectivity index (χ4n) is 2.71. The van der Waals surface area contributed by atoms with Crippen molar-refractivity contribution in [2.75, 3.05) is 14.1 Å². The highest BCUT2D eigenvalue weighted by molar-refractivity contribution is 6.31. The van der Waals surface area contributed by atoms with E-state index in [-0.39, 0.29) is 11.6 Å². The number of ketones is 1. The quantitative estimate of drug-likeness (QED) is 0.763. The van der Waals surface area contributed by atoms with Crippen LogP contribution in [-0.2, 0) is 0 Å². The van der Waals surface area contributed by atoms with Crippen molar-refractivity contribution in [1.82, 2.24) is 4.90 Å². The lowest BCUT2D eigenvalue weighted by atomic mass is 9.92. The molecule has 2 aromatic carbocycles. The average Bonchev–Trinajstić information content (AvgIpc) is 2.66. The van der Waals surface area contributed by atoms with E-state index < -0.39 is 6.04 Å². The highest BCUT2D eigenvalue weighted by Gasteiger charge is 2.29. The number of benzene rings is 2. The molecular weight excluding hydrogens is 327 g/mol. The van der Waals surface area contributed by atoms with Crippen LogP contribution in [0.4, 0.5) is 4.39 Å². The lowest BCUT2D eigenvalue weighted by Crippen LogP contribution is -2.15. The summed E-state index contributed by atoms with van der Waals surface area (Å²) in [7, 11) is 3.63. The molecule has 1 heterocycles. The number of Topliss-reactive ketones (excluding diaryl/α,β-unsaturated/α-hetero) is 1. The minimum atomic E-state index is -0.702. The van der Waals surface area contributed by atoms with E-state index in [0.717, 1.165) is 0 Å². The monoisotopic (exact) mass is 342 g/mol. The average molecular weight is 343 g/mol. The van der Waals surface area contributed by atoms with E-state index in [2.05, 4.69) is 4.99 Å². The third kappa shape index (κ3) is 3.10. The minimum Gasteiger partial charge on any atom is -0.383 e. The molecule has 0 bridgehead atoms. The number of carbonyl (C=O) groups excluding carboxylic acids is 1. The zero-order valence-electron chi connectivity index (χ0n) is 13.3. The van der Waals surface area contributed by atoms with Crippen LogP contribution in [0.25, 0.3) is 0 Å². The Kier molecular flexibility index (Phi) is 4.49. The Bertz CT molecular complexity index is 858. The Morgan fingerprint density at radius 3 is 2.67 bits per heavy atom. The molecule has 3 rings (SSSR count). The van der Waals surface area contributed by atoms with Crippen LogP contribution in [0.5, 0.6) is 0 Å². The molecule has 3 nitrogen and oxygen atoms in total. The van der Waals surface area contributed by atoms with E-state index in [1.54, 1.807) is 53.7 Å². The Morgan fingerprint density at radius 2 is 1.96 bits per heavy atom. The first kappa shape index (κ1) is 16.4. The van der Waals surface area contributed by atoms with Crippen molar-refractivity contribution in [3.63, 3.8) is 0 Å². The van der Waals surface area contributed by atoms with Gasteiger partial charge in [0.2, 0.25) is 0 Å². The fraction of sp³-hybridized carbons (Fsp3) is 0.158. The van der Waals surface area contributed by atoms with E-state index in [9.17, 15) is 9.18 Å². The van der Waals surface area contributed by atoms with Gasteiger partial charge in [-0.1, -0.05) is 29.8 Å². The van der Waals surface area contributed by atoms with Crippen LogP contribution in [0.2, 0.25) is 5.02 Å². The molecular formula is C19H16ClFN2O. The largest absolute Gasteiger partial charge is 0.383 e. The molecule has 2 aromatic rings. The van der Waals surface area contributed by atoms with Gasteiger partial charge in [0.05, 0.1) is 0 Å². The number of hydrogen-bond acceptors (Lipinski definition) is 3. The van der Waals surface area contributed by atoms with Gasteiger partial charge in [-0.05, 0) is 24.3 Å². The van der Waals surface area contributed by atoms with Crippen molar-refractivity contribution in [2.45, 2.75) is 6.04 Å². The molecule has 0 aromatic heterocycles. The van der Waals surface area contributed by atoms with Crippen LogP contribution < -0.4 is 0 Å². The van der Waals surface area contributed by atoms with E-state index in [4.69, 9.17) is 11.6 Å². The van der Waals surface area contributed by atoms with Gasteiger partial charge in [0.15, 0.2) is 5.78 Å². The van der Waals surface area contributed by atoms with Crippen LogP contribution in [0.1, 0.15) is 27.5 Å². The summed E-state index contributed by atoms with van der Waals surface area (Å²) in [4.78, 5) is 19.3. The van der Waals surface area contributed by atoms with E-state index in [1.807, 2.05) is 14.1 Å². The summed E-state index contributed by atoms with van der Waals surface area (Å²) in [6.45, 7) is 0. The third-order valence-electron chi connectivity index (χ3n) is 3.77. The maximum Gasteiger partial charge on any atom is 0.193 e. The second-order valence-corrected chi connectivity index (χ2v) is 6.25. The third-order valence-corrected chi connectivity index (χ3v) is 4.01. The van der Waals surface area contributed by atoms with Gasteiger partial charge >= 0.3 is 0 Å². The molecule has 1 aliphatic rings. The van der Waals surface area contributed by atoms with Gasteiger partial charge in [0.25, 0.3) is 0 Å². The molecule has 0 N–H and O–H groups in total. The minimum absolute atomic E-state index is 0.180. The number of aliphatic imine (C=N–C) groups is 1. The predicted octanol–water partition coefficient (Wildman–Crippen LogP) is 4.28. The Morgan fingerprint density at radius 1 is 1.21 bits per heavy atom. The molecule has 122 valence electrons. The van der Waals surface area contributed by atoms with E-state index in [0.29, 0.717) is 27.3 Å². The number of halogens is 2. The second-order valence-electron chi connectivity index (χ2n) is 5.81. The zero-order chi connectivity index (χ0) is 17.3. The van der Waals surface area contributed by atoms with Crippen LogP contribution in [0.3, 0.4) is 0 Å². The smallest absolute Gasteiger partial charge is 0.193 e. The molecule has 0 saturated carbocycles. The number of hydrogen-bond donors (Lipinski definition) is 0. The van der Waals surface area contributed by atoms with Gasteiger partial charge in [0.1, 0.15) is 11.9 Å². The maximum absolute atomic E-state index is 14.3. The summed E-state index contributed by atoms with van der Waals surface area (Å²) in [6, 6.07) is 10.7. The SMILES string of the molecule is CN(C)C=C1C(=O)c2ccc(Cl)cc2C=NC1c1ccccc1F. The van der Waals surface area contributed by atoms with Crippen molar-refractivity contribution < 1.29 is 9.18 Å². The summed E-state index contributed by atoms with van der Waals surface area (Å²) in [6.07, 6.45) is 3.28. The molecule has 5 heteroatoms. The van der Waals surface area contributed by atoms with E-state index in [1.165, 1.54) is 6.07 Å². The Labute approximate surface area is 145 Å². The first-order chi connectivity index (χ1) is 11.5. The standard InChI is InChI=1S/C19H16ClFN2O/c1-23(2)11-16-18(15-5-3-4-6-17(15)21)22-10-12-9-13(20)7-8-14(12)19(16)24/h3-11,18H,1-2H3. The van der Waals surface area contributed by atoms with Gasteiger partial charge in [-0.2, -0.15) is 0 Å². The maximum atomic E-state index is 14.3. The number of fused-ring (bicyclic) bond motifs is 1. The van der Waals surface area contributed by atoms with Gasteiger partial charge < -0.3 is 4.90 Å². The highest BCUT2D eigenvalue weighted by Crippen LogP contribution is 2.33. The Balaban J connectivity index is 2.21. The molecule has 0 radical (unpaired) electrons. The first-order valence-electron chi connectivity index (χ1n) is 7.47. The molecule has 24 heavy (non-hydrogen) atoms. The number of nitrogens with zero attached hydrogens (tertiary/aromatic N) is 2.